The molecule has 2 aromatic heterocycles. The van der Waals surface area contributed by atoms with Gasteiger partial charge in [0.2, 0.25) is 47.3 Å². The third-order valence-corrected chi connectivity index (χ3v) is 12.2. The fourth-order valence-electron chi connectivity index (χ4n) is 8.22. The van der Waals surface area contributed by atoms with Crippen molar-refractivity contribution in [1.82, 2.24) is 51.5 Å². The van der Waals surface area contributed by atoms with Gasteiger partial charge >= 0.3 is 17.1 Å². The zero-order chi connectivity index (χ0) is 48.2. The van der Waals surface area contributed by atoms with Crippen LogP contribution in [0.5, 0.6) is 0 Å². The van der Waals surface area contributed by atoms with E-state index < -0.39 is 108 Å². The summed E-state index contributed by atoms with van der Waals surface area (Å²) >= 11 is 0. The van der Waals surface area contributed by atoms with E-state index in [-0.39, 0.29) is 55.3 Å². The van der Waals surface area contributed by atoms with Crippen LogP contribution in [0.2, 0.25) is 0 Å². The molecule has 2 saturated heterocycles. The molecule has 22 heteroatoms. The van der Waals surface area contributed by atoms with Gasteiger partial charge in [-0.25, -0.2) is 4.68 Å². The summed E-state index contributed by atoms with van der Waals surface area (Å²) in [5.41, 5.74) is 19.3. The summed E-state index contributed by atoms with van der Waals surface area (Å²) in [4.78, 5) is 113. The minimum absolute atomic E-state index is 0. The summed E-state index contributed by atoms with van der Waals surface area (Å²) in [5.74, 6) is -7.25. The number of primary amides is 2. The van der Waals surface area contributed by atoms with E-state index in [0.29, 0.717) is 17.7 Å². The Morgan fingerprint density at radius 1 is 0.882 bits per heavy atom. The van der Waals surface area contributed by atoms with Crippen molar-refractivity contribution in [2.45, 2.75) is 107 Å². The van der Waals surface area contributed by atoms with Crippen LogP contribution in [-0.4, -0.2) is 121 Å². The van der Waals surface area contributed by atoms with Gasteiger partial charge < -0.3 is 53.7 Å². The SMILES string of the molecule is C1=CCC=C1.CC[C@H](C)[C@@H]1NC(=O)[C@H](CC(N)=O)NC(=O)[C@@H](N)CC(=O)NCC[C@@H](C(N)=O)NC(=O)[C@H](Cc2c[nH]c3ccccc23)NC(=O)[C@@H]2C[C@H](n3cc(C4C=CC=C4)nn3)CN2C1=O.[Fe+2]. The maximum Gasteiger partial charge on any atom is 2.00 e. The Hall–Kier alpha value is -6.90. The van der Waals surface area contributed by atoms with Crippen molar-refractivity contribution < 1.29 is 55.4 Å². The molecule has 8 atom stereocenters. The maximum absolute atomic E-state index is 14.9. The number of nitrogens with zero attached hydrogens (tertiary/aromatic N) is 4. The number of fused-ring (bicyclic) bond motifs is 2. The van der Waals surface area contributed by atoms with Crippen LogP contribution in [-0.2, 0) is 61.8 Å². The van der Waals surface area contributed by atoms with Crippen LogP contribution >= 0.6 is 0 Å². The van der Waals surface area contributed by atoms with Gasteiger partial charge in [-0.1, -0.05) is 92.3 Å². The molecular formula is C46H59FeN13O8+2. The number of hydrogen-bond acceptors (Lipinski definition) is 11. The first-order chi connectivity index (χ1) is 32.1. The number of allylic oxidation sites excluding steroid dienone is 8. The van der Waals surface area contributed by atoms with Crippen LogP contribution in [0.3, 0.4) is 0 Å². The van der Waals surface area contributed by atoms with Crippen LogP contribution in [0.1, 0.15) is 75.6 Å². The molecule has 12 N–H and O–H groups in total. The molecule has 1 aromatic carbocycles. The van der Waals surface area contributed by atoms with Crippen molar-refractivity contribution in [3.8, 4) is 0 Å². The molecule has 68 heavy (non-hydrogen) atoms. The number of para-hydroxylation sites is 1. The first-order valence-electron chi connectivity index (χ1n) is 22.4. The molecule has 4 heterocycles. The van der Waals surface area contributed by atoms with Crippen LogP contribution in [0.4, 0.5) is 0 Å². The third-order valence-electron chi connectivity index (χ3n) is 12.2. The number of amides is 8. The van der Waals surface area contributed by atoms with Crippen molar-refractivity contribution in [3.05, 3.63) is 96.5 Å². The van der Waals surface area contributed by atoms with Crippen LogP contribution in [0.25, 0.3) is 10.9 Å². The largest absolute Gasteiger partial charge is 2.00 e. The maximum atomic E-state index is 14.9. The Morgan fingerprint density at radius 3 is 2.24 bits per heavy atom. The number of nitrogens with one attached hydrogen (secondary N) is 6. The standard InChI is InChI=1S/C41H53N13O8.C5H6.Fe/c1-3-21(2)35-41(62)53-19-24(54-20-31(51-52-54)22-8-4-5-9-22)15-32(53)40(61)49-29(14-23-18-46-27-11-7-6-10-25(23)27)38(59)47-28(36(44)57)12-13-45-34(56)16-26(42)37(58)48-30(17-33(43)55)39(60)50-35;1-2-4-5-3-1;/h4-11,18,20-22,24,26,28-30,32,35,46H,3,12-17,19,42H2,1-2H3,(H2,43,55)(H2,44,57)(H,45,56)(H,47,59)(H,48,58)(H,49,61)(H,50,60);1-4H,5H2;/q;;+2/t21-,24-,26-,28-,29-,30-,32-,35-;;/m0../s1. The van der Waals surface area contributed by atoms with E-state index in [4.69, 9.17) is 17.2 Å². The van der Waals surface area contributed by atoms with Crippen molar-refractivity contribution in [2.24, 2.45) is 23.1 Å². The van der Waals surface area contributed by atoms with E-state index in [1.807, 2.05) is 48.6 Å². The first-order valence-corrected chi connectivity index (χ1v) is 22.4. The van der Waals surface area contributed by atoms with E-state index in [2.05, 4.69) is 66.2 Å². The number of H-pyrrole nitrogens is 1. The Kier molecular flexibility index (Phi) is 18.5. The van der Waals surface area contributed by atoms with Crippen LogP contribution in [0.15, 0.2) is 85.3 Å². The van der Waals surface area contributed by atoms with Crippen LogP contribution in [0, 0.1) is 5.92 Å². The average molecular weight is 978 g/mol. The van der Waals surface area contributed by atoms with Gasteiger partial charge in [0.05, 0.1) is 30.6 Å². The van der Waals surface area contributed by atoms with E-state index in [9.17, 15) is 38.4 Å². The molecule has 0 saturated carbocycles. The number of nitrogens with two attached hydrogens (primary N) is 3. The number of aromatic amines is 1. The quantitative estimate of drug-likeness (QED) is 0.122. The fourth-order valence-corrected chi connectivity index (χ4v) is 8.22. The van der Waals surface area contributed by atoms with Gasteiger partial charge in [-0.15, -0.1) is 5.10 Å². The van der Waals surface area contributed by atoms with Gasteiger partial charge in [0.15, 0.2) is 0 Å². The van der Waals surface area contributed by atoms with Gasteiger partial charge in [0.1, 0.15) is 30.2 Å². The molecule has 0 bridgehead atoms. The summed E-state index contributed by atoms with van der Waals surface area (Å²) in [7, 11) is 0. The summed E-state index contributed by atoms with van der Waals surface area (Å²) < 4.78 is 1.58. The Bertz CT molecular complexity index is 2440. The first kappa shape index (κ1) is 52.1. The molecule has 2 aliphatic heterocycles. The van der Waals surface area contributed by atoms with Gasteiger partial charge in [-0.3, -0.25) is 38.4 Å². The fraction of sp³-hybridized carbons (Fsp3) is 0.435. The van der Waals surface area contributed by atoms with Crippen molar-refractivity contribution in [3.63, 3.8) is 0 Å². The minimum Gasteiger partial charge on any atom is -0.370 e. The van der Waals surface area contributed by atoms with Crippen molar-refractivity contribution >= 4 is 58.2 Å². The summed E-state index contributed by atoms with van der Waals surface area (Å²) in [6.07, 6.45) is 19.6. The molecule has 0 radical (unpaired) electrons. The Morgan fingerprint density at radius 2 is 1.57 bits per heavy atom. The van der Waals surface area contributed by atoms with Gasteiger partial charge in [-0.2, -0.15) is 0 Å². The number of carbonyl (C=O) groups excluding carboxylic acids is 8. The van der Waals surface area contributed by atoms with Gasteiger partial charge in [0.25, 0.3) is 0 Å². The monoisotopic (exact) mass is 977 g/mol. The molecule has 0 spiro atoms. The minimum atomic E-state index is -1.58. The second-order valence-electron chi connectivity index (χ2n) is 17.0. The molecule has 362 valence electrons. The second kappa shape index (κ2) is 24.2. The smallest absolute Gasteiger partial charge is 0.370 e. The molecule has 21 nitrogen and oxygen atoms in total. The van der Waals surface area contributed by atoms with E-state index >= 15 is 0 Å². The summed E-state index contributed by atoms with van der Waals surface area (Å²) in [5, 5.41) is 22.5. The topological polar surface area (TPSA) is 325 Å². The van der Waals surface area contributed by atoms with Crippen LogP contribution < -0.4 is 43.8 Å². The van der Waals surface area contributed by atoms with E-state index in [1.54, 1.807) is 30.9 Å². The molecule has 7 rings (SSSR count). The summed E-state index contributed by atoms with van der Waals surface area (Å²) in [6.45, 7) is 3.27. The second-order valence-corrected chi connectivity index (χ2v) is 17.0. The molecular weight excluding hydrogens is 918 g/mol. The molecule has 4 aliphatic rings. The Balaban J connectivity index is 0.00000135. The third kappa shape index (κ3) is 13.4. The summed E-state index contributed by atoms with van der Waals surface area (Å²) in [6, 6.07) is -1.42. The molecule has 3 aromatic rings. The molecule has 2 fully saturated rings. The number of aromatic nitrogens is 4. The van der Waals surface area contributed by atoms with Crippen molar-refractivity contribution in [1.29, 1.82) is 0 Å². The van der Waals surface area contributed by atoms with E-state index in [1.165, 1.54) is 4.90 Å². The van der Waals surface area contributed by atoms with E-state index in [0.717, 1.165) is 17.3 Å². The number of hydrogen-bond donors (Lipinski definition) is 9. The zero-order valence-corrected chi connectivity index (χ0v) is 38.9. The van der Waals surface area contributed by atoms with Gasteiger partial charge in [-0.05, 0) is 30.4 Å². The zero-order valence-electron chi connectivity index (χ0n) is 37.8. The molecule has 2 aliphatic carbocycles. The van der Waals surface area contributed by atoms with Crippen molar-refractivity contribution in [2.75, 3.05) is 13.1 Å². The number of carbonyl (C=O) groups is 8. The average Bonchev–Trinajstić information content (AvgIpc) is 4.16. The predicted octanol–water partition coefficient (Wildman–Crippen LogP) is -0.563. The molecule has 0 unspecified atom stereocenters. The molecule has 8 amide bonds. The predicted molar refractivity (Wildman–Crippen MR) is 246 cm³/mol. The normalized spacial score (nSPS) is 25.5. The Labute approximate surface area is 403 Å². The number of rotatable bonds is 9. The number of benzene rings is 1. The van der Waals surface area contributed by atoms with Gasteiger partial charge in [0, 0.05) is 55.1 Å².